The van der Waals surface area contributed by atoms with Gasteiger partial charge in [0.25, 0.3) is 5.56 Å². The summed E-state index contributed by atoms with van der Waals surface area (Å²) in [7, 11) is 8.62. The number of aryl methyl sites for hydroxylation is 1. The monoisotopic (exact) mass is 1940 g/mol. The smallest absolute Gasteiger partial charge is 0.413 e. The summed E-state index contributed by atoms with van der Waals surface area (Å²) in [4.78, 5) is 145. The second-order valence-corrected chi connectivity index (χ2v) is 33.9. The van der Waals surface area contributed by atoms with E-state index in [4.69, 9.17) is 43.1 Å². The number of carbonyl (C=O) groups excluding carboxylic acids is 5. The molecule has 0 aliphatic carbocycles. The maximum atomic E-state index is 13.0. The lowest BCUT2D eigenvalue weighted by molar-refractivity contribution is -0.134. The first-order valence-electron chi connectivity index (χ1n) is 47.3. The van der Waals surface area contributed by atoms with E-state index < -0.39 is 18.3 Å². The number of aromatic amines is 4. The van der Waals surface area contributed by atoms with Crippen LogP contribution in [0.5, 0.6) is 0 Å². The van der Waals surface area contributed by atoms with Crippen LogP contribution in [0.3, 0.4) is 0 Å². The highest BCUT2D eigenvalue weighted by Gasteiger charge is 2.28. The molecule has 9 N–H and O–H groups in total. The number of anilines is 4. The molecule has 38 nitrogen and oxygen atoms in total. The molecule has 16 aromatic rings. The number of H-pyrrole nitrogens is 4. The predicted molar refractivity (Wildman–Crippen MR) is 550 cm³/mol. The molecule has 14 heterocycles. The number of likely N-dealkylation sites (tertiary alicyclic amines) is 1. The van der Waals surface area contributed by atoms with Gasteiger partial charge in [-0.1, -0.05) is 42.5 Å². The number of urea groups is 1. The number of benzene rings is 4. The second kappa shape index (κ2) is 49.2. The van der Waals surface area contributed by atoms with E-state index >= 15 is 0 Å². The van der Waals surface area contributed by atoms with Crippen LogP contribution < -0.4 is 32.1 Å². The predicted octanol–water partition coefficient (Wildman–Crippen LogP) is 16.9. The zero-order chi connectivity index (χ0) is 100. The Kier molecular flexibility index (Phi) is 34.9. The minimum atomic E-state index is -0.571. The Morgan fingerprint density at radius 1 is 0.455 bits per heavy atom. The number of aromatic nitrogens is 16. The molecular formula is C105H117N25O13. The number of fused-ring (bicyclic) bond motifs is 4. The van der Waals surface area contributed by atoms with E-state index in [9.17, 15) is 28.8 Å². The quantitative estimate of drug-likeness (QED) is 0.0172. The fraction of sp³-hybridized carbons (Fsp3) is 0.305. The van der Waals surface area contributed by atoms with E-state index in [1.54, 1.807) is 89.5 Å². The Morgan fingerprint density at radius 2 is 0.860 bits per heavy atom. The lowest BCUT2D eigenvalue weighted by Crippen LogP contribution is -2.48. The Bertz CT molecular complexity index is 7050. The Labute approximate surface area is 826 Å². The number of piperazine rings is 1. The molecule has 4 aromatic carbocycles. The highest BCUT2D eigenvalue weighted by Crippen LogP contribution is 2.39. The number of likely N-dealkylation sites (N-methyl/N-ethyl adjacent to an activating group) is 1. The SMILES string of the molecule is CCNC(=O)Nc1nc2c(-c3ccccn3)cc(-c3cc(C)n([C@@H](C)COC)c(=O)c3)cc2[nH]1.CCOC(=O)Nc1nc2c(-c3ccccn3)cc(-c3ccc(CN(CCOC)CCOC)nc3)cc2[nH]1.CCOC(=O)Nc1nc2c(-c3ccccn3)cc(-c3ccc(CN4CCC[C@H]4COC)nc3)cc2[nH]1.CCOC(=O)Nc1nc2c(-c3ccccn3)cc(-c3ccc(CN4CCN(C)C(=O)C4)nc3)cc2[nH]1. The van der Waals surface area contributed by atoms with Crippen molar-refractivity contribution in [3.05, 3.63) is 246 Å². The van der Waals surface area contributed by atoms with E-state index in [0.717, 1.165) is 180 Å². The Morgan fingerprint density at radius 3 is 1.22 bits per heavy atom. The molecule has 0 unspecified atom stereocenters. The normalized spacial score (nSPS) is 13.4. The summed E-state index contributed by atoms with van der Waals surface area (Å²) >= 11 is 0. The van der Waals surface area contributed by atoms with Crippen molar-refractivity contribution in [2.45, 2.75) is 86.1 Å². The summed E-state index contributed by atoms with van der Waals surface area (Å²) in [5, 5.41) is 13.3. The van der Waals surface area contributed by atoms with Gasteiger partial charge in [0, 0.05) is 188 Å². The number of nitrogens with zero attached hydrogens (tertiary/aromatic N) is 16. The first-order chi connectivity index (χ1) is 69.6. The van der Waals surface area contributed by atoms with E-state index in [2.05, 4.69) is 130 Å². The molecule has 18 rings (SSSR count). The third-order valence-electron chi connectivity index (χ3n) is 23.8. The van der Waals surface area contributed by atoms with Crippen molar-refractivity contribution in [3.63, 3.8) is 0 Å². The topological polar surface area (TPSA) is 450 Å². The standard InChI is InChI=1S/C27H32N6O4.C27H30N6O3.C26H27N7O3.C25H28N6O3/c1-4-37-27(34)32-26-30-24-16-20(15-22(25(24)31-26)23-7-5-6-10-28-23)19-8-9-21(29-17-19)18-33(11-13-35-2)12-14-36-3;1-3-36-27(34)32-26-30-24-14-19(13-22(25(24)31-26)23-8-4-5-11-28-23)18-9-10-20(29-15-18)16-33-12-6-7-21(33)17-35-2;1-3-36-26(35)31-25-29-22-13-18(12-20(24(22)30-25)21-6-4-5-9-27-21)17-7-8-19(28-14-17)15-33-11-10-32(2)23(34)16-33;1-5-26-25(33)30-24-28-21-12-18(11-19(23(21)29-24)20-8-6-7-9-27-20)17-10-15(2)31(22(32)13-17)16(3)14-34-4/h5-10,15-17H,4,11-14,18H2,1-3H3,(H2,30,31,32,34);4-5,8-11,13-15,21H,3,6-7,12,16-17H2,1-2H3,(H2,30,31,32,34);4-9,12-14H,3,10-11,15-16H2,1-2H3,(H2,29,30,31,35);6-13,16H,5,14H2,1-4H3,(H3,26,28,29,30,33)/t;21-;;16-/m.0.0/s1. The minimum Gasteiger partial charge on any atom is -0.450 e. The first kappa shape index (κ1) is 101. The van der Waals surface area contributed by atoms with Gasteiger partial charge in [0.1, 0.15) is 0 Å². The number of amides is 6. The number of methoxy groups -OCH3 is 4. The fourth-order valence-electron chi connectivity index (χ4n) is 17.0. The van der Waals surface area contributed by atoms with Crippen molar-refractivity contribution in [2.24, 2.45) is 0 Å². The van der Waals surface area contributed by atoms with Gasteiger partial charge in [-0.05, 0) is 210 Å². The van der Waals surface area contributed by atoms with Crippen molar-refractivity contribution in [1.29, 1.82) is 0 Å². The molecule has 38 heteroatoms. The molecule has 2 atom stereocenters. The molecule has 740 valence electrons. The van der Waals surface area contributed by atoms with Crippen LogP contribution in [0.4, 0.5) is 43.0 Å². The number of hydrogen-bond donors (Lipinski definition) is 9. The van der Waals surface area contributed by atoms with Crippen LogP contribution in [-0.4, -0.2) is 263 Å². The van der Waals surface area contributed by atoms with Crippen LogP contribution in [0, 0.1) is 6.92 Å². The molecule has 0 saturated carbocycles. The maximum absolute atomic E-state index is 13.0. The van der Waals surface area contributed by atoms with Gasteiger partial charge in [-0.2, -0.15) is 0 Å². The van der Waals surface area contributed by atoms with Gasteiger partial charge in [0.15, 0.2) is 0 Å². The highest BCUT2D eigenvalue weighted by molar-refractivity contribution is 6.02. The molecule has 12 aromatic heterocycles. The Balaban J connectivity index is 0.000000144. The summed E-state index contributed by atoms with van der Waals surface area (Å²) in [5.74, 6) is 1.39. The molecule has 0 radical (unpaired) electrons. The summed E-state index contributed by atoms with van der Waals surface area (Å²) in [6.07, 6.45) is 13.2. The number of carbonyl (C=O) groups is 5. The van der Waals surface area contributed by atoms with Crippen molar-refractivity contribution in [3.8, 4) is 89.5 Å². The van der Waals surface area contributed by atoms with Crippen LogP contribution >= 0.6 is 0 Å². The van der Waals surface area contributed by atoms with E-state index in [1.807, 2.05) is 186 Å². The zero-order valence-electron chi connectivity index (χ0n) is 81.8. The molecule has 6 amide bonds. The molecule has 0 spiro atoms. The largest absolute Gasteiger partial charge is 0.450 e. The minimum absolute atomic E-state index is 0.0754. The van der Waals surface area contributed by atoms with Crippen molar-refractivity contribution >= 4 is 98.1 Å². The molecule has 2 aliphatic heterocycles. The molecule has 2 saturated heterocycles. The molecule has 2 fully saturated rings. The van der Waals surface area contributed by atoms with Gasteiger partial charge in [0.05, 0.1) is 143 Å². The van der Waals surface area contributed by atoms with Gasteiger partial charge in [-0.25, -0.2) is 39.1 Å². The highest BCUT2D eigenvalue weighted by atomic mass is 16.6. The average molecular weight is 1940 g/mol. The fourth-order valence-corrected chi connectivity index (χ4v) is 17.0. The molecule has 143 heavy (non-hydrogen) atoms. The number of hydrogen-bond acceptors (Lipinski definition) is 27. The molecular weight excluding hydrogens is 1820 g/mol. The lowest BCUT2D eigenvalue weighted by atomic mass is 9.99. The summed E-state index contributed by atoms with van der Waals surface area (Å²) < 4.78 is 37.8. The third kappa shape index (κ3) is 26.4. The van der Waals surface area contributed by atoms with Crippen molar-refractivity contribution in [2.75, 3.05) is 149 Å². The van der Waals surface area contributed by atoms with Crippen LogP contribution in [0.2, 0.25) is 0 Å². The van der Waals surface area contributed by atoms with Gasteiger partial charge in [-0.3, -0.25) is 80.4 Å². The van der Waals surface area contributed by atoms with Crippen LogP contribution in [-0.2, 0) is 57.6 Å². The number of ether oxygens (including phenoxy) is 7. The second-order valence-electron chi connectivity index (χ2n) is 33.9. The van der Waals surface area contributed by atoms with Crippen LogP contribution in [0.15, 0.2) is 218 Å². The maximum Gasteiger partial charge on any atom is 0.413 e. The van der Waals surface area contributed by atoms with Gasteiger partial charge in [0.2, 0.25) is 29.7 Å². The summed E-state index contributed by atoms with van der Waals surface area (Å²) in [6.45, 7) is 21.6. The summed E-state index contributed by atoms with van der Waals surface area (Å²) in [6, 6.07) is 54.8. The van der Waals surface area contributed by atoms with Gasteiger partial charge in [-0.15, -0.1) is 0 Å². The number of rotatable bonds is 33. The van der Waals surface area contributed by atoms with E-state index in [0.29, 0.717) is 97.9 Å². The number of pyridine rings is 8. The Hall–Kier alpha value is -16.0. The zero-order valence-corrected chi connectivity index (χ0v) is 81.8. The summed E-state index contributed by atoms with van der Waals surface area (Å²) in [5.41, 5.74) is 23.2. The van der Waals surface area contributed by atoms with Crippen molar-refractivity contribution < 1.29 is 57.1 Å². The number of imidazole rings is 4. The van der Waals surface area contributed by atoms with Crippen LogP contribution in [0.1, 0.15) is 76.3 Å². The molecule has 0 bridgehead atoms. The average Bonchev–Trinajstić information content (AvgIpc) is 1.71. The first-order valence-corrected chi connectivity index (χ1v) is 47.3. The lowest BCUT2D eigenvalue weighted by Gasteiger charge is -2.31. The van der Waals surface area contributed by atoms with Crippen molar-refractivity contribution in [1.82, 2.24) is 104 Å². The van der Waals surface area contributed by atoms with E-state index in [1.165, 1.54) is 12.8 Å². The van der Waals surface area contributed by atoms with E-state index in [-0.39, 0.29) is 43.4 Å². The molecule has 2 aliphatic rings. The number of nitrogens with one attached hydrogen (secondary N) is 9. The van der Waals surface area contributed by atoms with Crippen LogP contribution in [0.25, 0.3) is 134 Å². The third-order valence-corrected chi connectivity index (χ3v) is 23.8. The van der Waals surface area contributed by atoms with Gasteiger partial charge < -0.3 is 67.9 Å². The van der Waals surface area contributed by atoms with Gasteiger partial charge >= 0.3 is 24.3 Å².